The van der Waals surface area contributed by atoms with Crippen LogP contribution >= 0.6 is 15.9 Å². The zero-order valence-electron chi connectivity index (χ0n) is 11.0. The normalized spacial score (nSPS) is 13.5. The van der Waals surface area contributed by atoms with Crippen LogP contribution in [0.4, 0.5) is 27.1 Å². The van der Waals surface area contributed by atoms with E-state index in [0.717, 1.165) is 11.3 Å². The van der Waals surface area contributed by atoms with Crippen molar-refractivity contribution < 1.29 is 9.18 Å². The molecule has 1 aliphatic heterocycles. The van der Waals surface area contributed by atoms with Gasteiger partial charge in [-0.2, -0.15) is 0 Å². The highest BCUT2D eigenvalue weighted by Gasteiger charge is 2.16. The molecule has 1 amide bonds. The molecule has 0 radical (unpaired) electrons. The summed E-state index contributed by atoms with van der Waals surface area (Å²) in [6, 6.07) is 8.28. The number of nitrogens with one attached hydrogen (secondary N) is 2. The summed E-state index contributed by atoms with van der Waals surface area (Å²) in [6.07, 6.45) is 1.16. The lowest BCUT2D eigenvalue weighted by Crippen LogP contribution is -2.19. The predicted molar refractivity (Wildman–Crippen MR) is 85.2 cm³/mol. The molecule has 2 aromatic carbocycles. The molecular weight excluding hydrogens is 337 g/mol. The first-order valence-corrected chi connectivity index (χ1v) is 7.26. The van der Waals surface area contributed by atoms with Crippen LogP contribution in [-0.2, 0) is 11.2 Å². The minimum Gasteiger partial charge on any atom is -0.397 e. The molecule has 0 aliphatic carbocycles. The molecule has 108 valence electrons. The lowest BCUT2D eigenvalue weighted by atomic mass is 10.0. The average Bonchev–Trinajstić information content (AvgIpc) is 2.44. The summed E-state index contributed by atoms with van der Waals surface area (Å²) in [6.45, 7) is 0. The van der Waals surface area contributed by atoms with Gasteiger partial charge in [-0.05, 0) is 58.2 Å². The molecule has 3 rings (SSSR count). The van der Waals surface area contributed by atoms with E-state index in [0.29, 0.717) is 34.4 Å². The summed E-state index contributed by atoms with van der Waals surface area (Å²) >= 11 is 3.14. The highest BCUT2D eigenvalue weighted by Crippen LogP contribution is 2.33. The molecule has 4 nitrogen and oxygen atoms in total. The van der Waals surface area contributed by atoms with Gasteiger partial charge in [-0.25, -0.2) is 4.39 Å². The number of carbonyl (C=O) groups is 1. The third-order valence-electron chi connectivity index (χ3n) is 3.37. The highest BCUT2D eigenvalue weighted by atomic mass is 79.9. The van der Waals surface area contributed by atoms with Crippen molar-refractivity contribution in [2.75, 3.05) is 16.4 Å². The summed E-state index contributed by atoms with van der Waals surface area (Å²) < 4.78 is 13.6. The van der Waals surface area contributed by atoms with Gasteiger partial charge in [0.05, 0.1) is 15.8 Å². The third kappa shape index (κ3) is 2.85. The number of hydrogen-bond donors (Lipinski definition) is 3. The summed E-state index contributed by atoms with van der Waals surface area (Å²) in [5.74, 6) is -0.325. The van der Waals surface area contributed by atoms with E-state index >= 15 is 0 Å². The number of nitrogen functional groups attached to an aromatic ring is 1. The Morgan fingerprint density at radius 2 is 2.05 bits per heavy atom. The van der Waals surface area contributed by atoms with Crippen LogP contribution in [0.5, 0.6) is 0 Å². The van der Waals surface area contributed by atoms with Gasteiger partial charge in [0.25, 0.3) is 0 Å². The summed E-state index contributed by atoms with van der Waals surface area (Å²) in [5.41, 5.74) is 9.80. The molecule has 0 spiro atoms. The summed E-state index contributed by atoms with van der Waals surface area (Å²) in [7, 11) is 0. The maximum Gasteiger partial charge on any atom is 0.224 e. The second-order valence-electron chi connectivity index (χ2n) is 4.90. The van der Waals surface area contributed by atoms with Crippen LogP contribution < -0.4 is 16.4 Å². The molecule has 0 saturated carbocycles. The fourth-order valence-corrected chi connectivity index (χ4v) is 2.66. The maximum absolute atomic E-state index is 13.2. The van der Waals surface area contributed by atoms with Gasteiger partial charge < -0.3 is 16.4 Å². The number of anilines is 4. The van der Waals surface area contributed by atoms with Gasteiger partial charge in [0.15, 0.2) is 0 Å². The predicted octanol–water partition coefficient (Wildman–Crippen LogP) is 3.80. The molecular formula is C15H13BrFN3O. The van der Waals surface area contributed by atoms with Crippen LogP contribution in [0.1, 0.15) is 12.0 Å². The molecule has 0 fully saturated rings. The number of carbonyl (C=O) groups excluding carboxylic acids is 1. The Morgan fingerprint density at radius 3 is 2.81 bits per heavy atom. The van der Waals surface area contributed by atoms with Gasteiger partial charge in [-0.1, -0.05) is 0 Å². The Labute approximate surface area is 129 Å². The average molecular weight is 350 g/mol. The third-order valence-corrected chi connectivity index (χ3v) is 3.98. The Hall–Kier alpha value is -2.08. The van der Waals surface area contributed by atoms with Crippen LogP contribution in [0.2, 0.25) is 0 Å². The fourth-order valence-electron chi connectivity index (χ4n) is 2.29. The van der Waals surface area contributed by atoms with E-state index in [9.17, 15) is 9.18 Å². The minimum absolute atomic E-state index is 0.00254. The van der Waals surface area contributed by atoms with Crippen molar-refractivity contribution in [2.24, 2.45) is 0 Å². The van der Waals surface area contributed by atoms with Crippen molar-refractivity contribution in [3.05, 3.63) is 46.2 Å². The van der Waals surface area contributed by atoms with Crippen LogP contribution in [0.3, 0.4) is 0 Å². The number of nitrogens with two attached hydrogens (primary N) is 1. The minimum atomic E-state index is -0.328. The van der Waals surface area contributed by atoms with Crippen molar-refractivity contribution in [1.29, 1.82) is 0 Å². The fraction of sp³-hybridized carbons (Fsp3) is 0.133. The lowest BCUT2D eigenvalue weighted by Gasteiger charge is -2.20. The molecule has 2 aromatic rings. The Balaban J connectivity index is 1.93. The lowest BCUT2D eigenvalue weighted by molar-refractivity contribution is -0.116. The first kappa shape index (κ1) is 13.9. The topological polar surface area (TPSA) is 67.2 Å². The van der Waals surface area contributed by atoms with E-state index in [2.05, 4.69) is 26.6 Å². The van der Waals surface area contributed by atoms with Crippen LogP contribution in [-0.4, -0.2) is 5.91 Å². The number of halogens is 2. The van der Waals surface area contributed by atoms with E-state index in [4.69, 9.17) is 5.73 Å². The number of fused-ring (bicyclic) bond motifs is 1. The van der Waals surface area contributed by atoms with E-state index < -0.39 is 0 Å². The summed E-state index contributed by atoms with van der Waals surface area (Å²) in [4.78, 5) is 11.5. The number of hydrogen-bond acceptors (Lipinski definition) is 3. The maximum atomic E-state index is 13.2. The van der Waals surface area contributed by atoms with Crippen LogP contribution in [0.25, 0.3) is 0 Å². The molecule has 6 heteroatoms. The Morgan fingerprint density at radius 1 is 1.24 bits per heavy atom. The first-order chi connectivity index (χ1) is 10.0. The molecule has 1 heterocycles. The van der Waals surface area contributed by atoms with Crippen LogP contribution in [0, 0.1) is 5.82 Å². The second-order valence-corrected chi connectivity index (χ2v) is 5.75. The van der Waals surface area contributed by atoms with Crippen LogP contribution in [0.15, 0.2) is 34.8 Å². The number of aryl methyl sites for hydroxylation is 1. The first-order valence-electron chi connectivity index (χ1n) is 6.47. The van der Waals surface area contributed by atoms with Gasteiger partial charge in [0.1, 0.15) is 5.82 Å². The zero-order valence-corrected chi connectivity index (χ0v) is 12.6. The van der Waals surface area contributed by atoms with Gasteiger partial charge in [-0.3, -0.25) is 4.79 Å². The van der Waals surface area contributed by atoms with Gasteiger partial charge >= 0.3 is 0 Å². The zero-order chi connectivity index (χ0) is 15.0. The monoisotopic (exact) mass is 349 g/mol. The van der Waals surface area contributed by atoms with Gasteiger partial charge in [0.2, 0.25) is 5.91 Å². The van der Waals surface area contributed by atoms with Crippen molar-refractivity contribution in [2.45, 2.75) is 12.8 Å². The molecule has 4 N–H and O–H groups in total. The molecule has 0 unspecified atom stereocenters. The highest BCUT2D eigenvalue weighted by molar-refractivity contribution is 9.10. The van der Waals surface area contributed by atoms with Crippen molar-refractivity contribution in [1.82, 2.24) is 0 Å². The largest absolute Gasteiger partial charge is 0.397 e. The molecule has 0 saturated heterocycles. The number of amides is 1. The Kier molecular flexibility index (Phi) is 3.55. The molecule has 21 heavy (non-hydrogen) atoms. The quantitative estimate of drug-likeness (QED) is 0.722. The number of benzene rings is 2. The molecule has 1 aliphatic rings. The SMILES string of the molecule is Nc1cc2c(cc1Nc1ccc(F)c(Br)c1)NC(=O)CC2. The van der Waals surface area contributed by atoms with Crippen molar-refractivity contribution >= 4 is 44.6 Å². The van der Waals surface area contributed by atoms with E-state index in [1.165, 1.54) is 6.07 Å². The standard InChI is InChI=1S/C15H13BrFN3O/c16-10-6-9(2-3-11(10)17)19-14-7-13-8(5-12(14)18)1-4-15(21)20-13/h2-3,5-7,19H,1,4,18H2,(H,20,21). The molecule has 0 bridgehead atoms. The number of rotatable bonds is 2. The van der Waals surface area contributed by atoms with Gasteiger partial charge in [-0.15, -0.1) is 0 Å². The van der Waals surface area contributed by atoms with E-state index in [1.807, 2.05) is 6.07 Å². The molecule has 0 aromatic heterocycles. The summed E-state index contributed by atoms with van der Waals surface area (Å²) in [5, 5.41) is 5.96. The molecule has 0 atom stereocenters. The van der Waals surface area contributed by atoms with E-state index in [1.54, 1.807) is 18.2 Å². The van der Waals surface area contributed by atoms with E-state index in [-0.39, 0.29) is 11.7 Å². The van der Waals surface area contributed by atoms with Gasteiger partial charge in [0, 0.05) is 17.8 Å². The smallest absolute Gasteiger partial charge is 0.224 e. The van der Waals surface area contributed by atoms with Crippen molar-refractivity contribution in [3.63, 3.8) is 0 Å². The Bertz CT molecular complexity index is 733. The van der Waals surface area contributed by atoms with Crippen molar-refractivity contribution in [3.8, 4) is 0 Å². The second kappa shape index (κ2) is 5.37.